The van der Waals surface area contributed by atoms with E-state index in [2.05, 4.69) is 4.99 Å². The molecular formula is C19H16Cl2N2O5S. The van der Waals surface area contributed by atoms with E-state index < -0.39 is 11.9 Å². The summed E-state index contributed by atoms with van der Waals surface area (Å²) in [7, 11) is 4.26. The van der Waals surface area contributed by atoms with Crippen molar-refractivity contribution >= 4 is 56.6 Å². The predicted molar refractivity (Wildman–Crippen MR) is 111 cm³/mol. The van der Waals surface area contributed by atoms with Gasteiger partial charge in [0.1, 0.15) is 6.54 Å². The van der Waals surface area contributed by atoms with E-state index in [4.69, 9.17) is 37.4 Å². The number of rotatable bonds is 5. The Labute approximate surface area is 180 Å². The Morgan fingerprint density at radius 3 is 2.45 bits per heavy atom. The van der Waals surface area contributed by atoms with Gasteiger partial charge in [0.15, 0.2) is 16.3 Å². The summed E-state index contributed by atoms with van der Waals surface area (Å²) in [5, 5.41) is 0.595. The molecule has 7 nitrogen and oxygen atoms in total. The maximum absolute atomic E-state index is 12.8. The maximum atomic E-state index is 12.8. The molecule has 0 aliphatic carbocycles. The van der Waals surface area contributed by atoms with Crippen LogP contribution < -0.4 is 14.3 Å². The number of nitrogens with zero attached hydrogens (tertiary/aromatic N) is 2. The van der Waals surface area contributed by atoms with E-state index in [9.17, 15) is 9.59 Å². The predicted octanol–water partition coefficient (Wildman–Crippen LogP) is 3.94. The smallest absolute Gasteiger partial charge is 0.325 e. The molecule has 0 atom stereocenters. The normalized spacial score (nSPS) is 11.6. The average molecular weight is 455 g/mol. The van der Waals surface area contributed by atoms with Crippen molar-refractivity contribution in [1.82, 2.24) is 4.57 Å². The number of aromatic nitrogens is 1. The van der Waals surface area contributed by atoms with E-state index in [1.54, 1.807) is 24.3 Å². The quantitative estimate of drug-likeness (QED) is 0.545. The van der Waals surface area contributed by atoms with Crippen LogP contribution in [0.25, 0.3) is 10.2 Å². The van der Waals surface area contributed by atoms with Gasteiger partial charge in [0.25, 0.3) is 5.91 Å². The number of methoxy groups -OCH3 is 3. The Balaban J connectivity index is 2.16. The number of amides is 1. The van der Waals surface area contributed by atoms with Crippen molar-refractivity contribution < 1.29 is 23.8 Å². The van der Waals surface area contributed by atoms with Crippen LogP contribution in [-0.4, -0.2) is 37.8 Å². The molecule has 10 heteroatoms. The lowest BCUT2D eigenvalue weighted by Gasteiger charge is -2.08. The molecule has 152 valence electrons. The van der Waals surface area contributed by atoms with E-state index in [-0.39, 0.29) is 16.4 Å². The number of carbonyl (C=O) groups excluding carboxylic acids is 2. The van der Waals surface area contributed by atoms with Crippen molar-refractivity contribution in [2.24, 2.45) is 4.99 Å². The van der Waals surface area contributed by atoms with E-state index in [1.165, 1.54) is 43.3 Å². The summed E-state index contributed by atoms with van der Waals surface area (Å²) in [4.78, 5) is 29.2. The molecule has 2 aromatic carbocycles. The van der Waals surface area contributed by atoms with Gasteiger partial charge in [0.2, 0.25) is 0 Å². The highest BCUT2D eigenvalue weighted by Crippen LogP contribution is 2.32. The molecule has 0 fully saturated rings. The zero-order valence-electron chi connectivity index (χ0n) is 15.7. The van der Waals surface area contributed by atoms with E-state index in [1.807, 2.05) is 0 Å². The number of hydrogen-bond donors (Lipinski definition) is 0. The fourth-order valence-corrected chi connectivity index (χ4v) is 4.16. The highest BCUT2D eigenvalue weighted by atomic mass is 35.5. The Hall–Kier alpha value is -2.55. The number of carbonyl (C=O) groups is 2. The summed E-state index contributed by atoms with van der Waals surface area (Å²) in [6, 6.07) is 8.13. The van der Waals surface area contributed by atoms with E-state index >= 15 is 0 Å². The number of hydrogen-bond acceptors (Lipinski definition) is 6. The Kier molecular flexibility index (Phi) is 6.46. The molecule has 29 heavy (non-hydrogen) atoms. The summed E-state index contributed by atoms with van der Waals surface area (Å²) in [6.45, 7) is -0.172. The number of fused-ring (bicyclic) bond motifs is 1. The van der Waals surface area contributed by atoms with Gasteiger partial charge in [-0.25, -0.2) is 0 Å². The Morgan fingerprint density at radius 2 is 1.79 bits per heavy atom. The van der Waals surface area contributed by atoms with Crippen LogP contribution in [0.3, 0.4) is 0 Å². The molecular weight excluding hydrogens is 439 g/mol. The maximum Gasteiger partial charge on any atom is 0.325 e. The molecule has 0 radical (unpaired) electrons. The van der Waals surface area contributed by atoms with Crippen molar-refractivity contribution in [3.8, 4) is 11.5 Å². The lowest BCUT2D eigenvalue weighted by molar-refractivity contribution is -0.141. The zero-order valence-corrected chi connectivity index (χ0v) is 18.0. The lowest BCUT2D eigenvalue weighted by atomic mass is 10.2. The number of ether oxygens (including phenoxy) is 3. The second-order valence-corrected chi connectivity index (χ2v) is 7.54. The van der Waals surface area contributed by atoms with Crippen molar-refractivity contribution in [1.29, 1.82) is 0 Å². The largest absolute Gasteiger partial charge is 0.493 e. The lowest BCUT2D eigenvalue weighted by Crippen LogP contribution is -2.22. The van der Waals surface area contributed by atoms with Crippen molar-refractivity contribution in [2.45, 2.75) is 6.54 Å². The first kappa shape index (κ1) is 21.2. The third-order valence-corrected chi connectivity index (χ3v) is 5.91. The zero-order chi connectivity index (χ0) is 21.1. The van der Waals surface area contributed by atoms with Gasteiger partial charge in [-0.3, -0.25) is 9.59 Å². The van der Waals surface area contributed by atoms with Gasteiger partial charge in [-0.2, -0.15) is 4.99 Å². The molecule has 3 aromatic rings. The standard InChI is InChI=1S/C19H16Cl2N2O5S/c1-26-12-6-4-10(8-13(12)27-2)18(25)22-19-23(9-15(24)28-3)17-14(29-19)7-5-11(20)16(17)21/h4-8H,9H2,1-3H3. The van der Waals surface area contributed by atoms with E-state index in [0.717, 1.165) is 4.70 Å². The number of esters is 1. The van der Waals surface area contributed by atoms with Gasteiger partial charge in [0, 0.05) is 5.56 Å². The van der Waals surface area contributed by atoms with Crippen molar-refractivity contribution in [3.05, 3.63) is 50.7 Å². The second-order valence-electron chi connectivity index (χ2n) is 5.74. The van der Waals surface area contributed by atoms with E-state index in [0.29, 0.717) is 27.6 Å². The molecule has 0 spiro atoms. The molecule has 0 unspecified atom stereocenters. The fourth-order valence-electron chi connectivity index (χ4n) is 2.65. The van der Waals surface area contributed by atoms with Gasteiger partial charge >= 0.3 is 5.97 Å². The summed E-state index contributed by atoms with van der Waals surface area (Å²) in [5.74, 6) is -0.130. The Bertz CT molecular complexity index is 1170. The van der Waals surface area contributed by atoms with Gasteiger partial charge in [0.05, 0.1) is 41.6 Å². The second kappa shape index (κ2) is 8.86. The molecule has 1 heterocycles. The van der Waals surface area contributed by atoms with Crippen LogP contribution in [0.5, 0.6) is 11.5 Å². The molecule has 3 rings (SSSR count). The molecule has 1 amide bonds. The minimum atomic E-state index is -0.515. The monoisotopic (exact) mass is 454 g/mol. The number of thiazole rings is 1. The van der Waals surface area contributed by atoms with Gasteiger partial charge < -0.3 is 18.8 Å². The molecule has 0 aliphatic heterocycles. The number of benzene rings is 2. The van der Waals surface area contributed by atoms with Crippen LogP contribution in [0.1, 0.15) is 10.4 Å². The van der Waals surface area contributed by atoms with Gasteiger partial charge in [-0.05, 0) is 30.3 Å². The molecule has 0 saturated heterocycles. The van der Waals surface area contributed by atoms with Crippen LogP contribution >= 0.6 is 34.5 Å². The first-order valence-corrected chi connectivity index (χ1v) is 9.82. The topological polar surface area (TPSA) is 79.1 Å². The number of halogens is 2. The highest BCUT2D eigenvalue weighted by molar-refractivity contribution is 7.16. The molecule has 0 aliphatic rings. The fraction of sp³-hybridized carbons (Fsp3) is 0.211. The molecule has 0 bridgehead atoms. The first-order valence-electron chi connectivity index (χ1n) is 8.24. The summed E-state index contributed by atoms with van der Waals surface area (Å²) in [6.07, 6.45) is 0. The van der Waals surface area contributed by atoms with Crippen LogP contribution in [0, 0.1) is 0 Å². The molecule has 1 aromatic heterocycles. The van der Waals surface area contributed by atoms with Gasteiger partial charge in [-0.15, -0.1) is 0 Å². The van der Waals surface area contributed by atoms with Gasteiger partial charge in [-0.1, -0.05) is 34.5 Å². The minimum absolute atomic E-state index is 0.172. The molecule has 0 saturated carbocycles. The van der Waals surface area contributed by atoms with Crippen molar-refractivity contribution in [3.63, 3.8) is 0 Å². The third kappa shape index (κ3) is 4.24. The average Bonchev–Trinajstić information content (AvgIpc) is 3.07. The highest BCUT2D eigenvalue weighted by Gasteiger charge is 2.17. The van der Waals surface area contributed by atoms with Crippen LogP contribution in [-0.2, 0) is 16.1 Å². The third-order valence-electron chi connectivity index (χ3n) is 4.08. The summed E-state index contributed by atoms with van der Waals surface area (Å²) >= 11 is 13.7. The SMILES string of the molecule is COC(=O)Cn1c(=NC(=O)c2ccc(OC)c(OC)c2)sc2ccc(Cl)c(Cl)c21. The molecule has 0 N–H and O–H groups in total. The summed E-state index contributed by atoms with van der Waals surface area (Å²) in [5.41, 5.74) is 0.808. The summed E-state index contributed by atoms with van der Waals surface area (Å²) < 4.78 is 17.4. The van der Waals surface area contributed by atoms with Crippen LogP contribution in [0.4, 0.5) is 0 Å². The first-order chi connectivity index (χ1) is 13.9. The van der Waals surface area contributed by atoms with Crippen LogP contribution in [0.15, 0.2) is 35.3 Å². The Morgan fingerprint density at radius 1 is 1.07 bits per heavy atom. The van der Waals surface area contributed by atoms with Crippen LogP contribution in [0.2, 0.25) is 10.0 Å². The van der Waals surface area contributed by atoms with Crippen molar-refractivity contribution in [2.75, 3.05) is 21.3 Å². The minimum Gasteiger partial charge on any atom is -0.493 e.